The molecular formula is C13H24N2O5. The van der Waals surface area contributed by atoms with E-state index in [1.54, 1.807) is 6.92 Å². The predicted octanol–water partition coefficient (Wildman–Crippen LogP) is 1.44. The molecule has 1 rings (SSSR count). The van der Waals surface area contributed by atoms with Gasteiger partial charge in [-0.25, -0.2) is 0 Å². The van der Waals surface area contributed by atoms with Gasteiger partial charge in [-0.1, -0.05) is 19.0 Å². The van der Waals surface area contributed by atoms with Gasteiger partial charge in [-0.2, -0.15) is 0 Å². The van der Waals surface area contributed by atoms with Crippen LogP contribution in [0.25, 0.3) is 0 Å². The Labute approximate surface area is 118 Å². The molecule has 7 heteroatoms. The monoisotopic (exact) mass is 288 g/mol. The molecule has 0 saturated heterocycles. The summed E-state index contributed by atoms with van der Waals surface area (Å²) >= 11 is 0. The maximum atomic E-state index is 11.5. The third-order valence-corrected chi connectivity index (χ3v) is 4.34. The maximum absolute atomic E-state index is 11.5. The Hall–Kier alpha value is -1.79. The van der Waals surface area contributed by atoms with Gasteiger partial charge >= 0.3 is 11.9 Å². The van der Waals surface area contributed by atoms with Crippen molar-refractivity contribution in [2.75, 3.05) is 7.11 Å². The zero-order valence-corrected chi connectivity index (χ0v) is 12.6. The van der Waals surface area contributed by atoms with Crippen molar-refractivity contribution in [3.63, 3.8) is 0 Å². The molecule has 1 aliphatic rings. The SMILES string of the molecule is CC(N)=NO.COC(=O)[C@H]1CC[C@@](C)(C(=O)O)C1(C)C. The van der Waals surface area contributed by atoms with Gasteiger partial charge in [0.05, 0.1) is 18.4 Å². The van der Waals surface area contributed by atoms with Gasteiger partial charge in [0, 0.05) is 0 Å². The predicted molar refractivity (Wildman–Crippen MR) is 73.3 cm³/mol. The molecule has 20 heavy (non-hydrogen) atoms. The third-order valence-electron chi connectivity index (χ3n) is 4.34. The van der Waals surface area contributed by atoms with Gasteiger partial charge in [0.15, 0.2) is 0 Å². The van der Waals surface area contributed by atoms with E-state index in [4.69, 9.17) is 15.7 Å². The molecular weight excluding hydrogens is 264 g/mol. The molecule has 2 atom stereocenters. The number of amidine groups is 1. The largest absolute Gasteiger partial charge is 0.481 e. The number of nitrogens with zero attached hydrogens (tertiary/aromatic N) is 1. The number of carbonyl (C=O) groups is 2. The molecule has 7 nitrogen and oxygen atoms in total. The summed E-state index contributed by atoms with van der Waals surface area (Å²) in [6.07, 6.45) is 1.11. The molecule has 0 bridgehead atoms. The quantitative estimate of drug-likeness (QED) is 0.232. The van der Waals surface area contributed by atoms with Gasteiger partial charge in [-0.15, -0.1) is 0 Å². The summed E-state index contributed by atoms with van der Waals surface area (Å²) in [6.45, 7) is 6.86. The molecule has 0 heterocycles. The van der Waals surface area contributed by atoms with Crippen LogP contribution in [0.5, 0.6) is 0 Å². The number of carboxylic acid groups (broad SMARTS) is 1. The second kappa shape index (κ2) is 6.58. The zero-order chi connectivity index (χ0) is 16.1. The first-order chi connectivity index (χ1) is 9.04. The van der Waals surface area contributed by atoms with Crippen LogP contribution in [-0.4, -0.2) is 35.2 Å². The number of hydrogen-bond acceptors (Lipinski definition) is 5. The highest BCUT2D eigenvalue weighted by Gasteiger charge is 2.58. The molecule has 0 aromatic carbocycles. The van der Waals surface area contributed by atoms with E-state index >= 15 is 0 Å². The third kappa shape index (κ3) is 3.40. The summed E-state index contributed by atoms with van der Waals surface area (Å²) in [5.74, 6) is -1.27. The fourth-order valence-electron chi connectivity index (χ4n) is 2.44. The van der Waals surface area contributed by atoms with Crippen LogP contribution >= 0.6 is 0 Å². The van der Waals surface area contributed by atoms with Gasteiger partial charge in [-0.05, 0) is 32.1 Å². The number of methoxy groups -OCH3 is 1. The van der Waals surface area contributed by atoms with E-state index in [0.717, 1.165) is 0 Å². The van der Waals surface area contributed by atoms with Gasteiger partial charge in [0.25, 0.3) is 0 Å². The number of rotatable bonds is 2. The van der Waals surface area contributed by atoms with Crippen molar-refractivity contribution in [3.05, 3.63) is 0 Å². The lowest BCUT2D eigenvalue weighted by atomic mass is 9.66. The number of esters is 1. The lowest BCUT2D eigenvalue weighted by Gasteiger charge is -2.37. The molecule has 0 amide bonds. The first-order valence-electron chi connectivity index (χ1n) is 6.30. The highest BCUT2D eigenvalue weighted by molar-refractivity contribution is 5.80. The first-order valence-corrected chi connectivity index (χ1v) is 6.30. The van der Waals surface area contributed by atoms with E-state index in [1.165, 1.54) is 14.0 Å². The minimum atomic E-state index is -0.841. The number of hydrogen-bond donors (Lipinski definition) is 3. The highest BCUT2D eigenvalue weighted by atomic mass is 16.5. The van der Waals surface area contributed by atoms with E-state index in [1.807, 2.05) is 13.8 Å². The molecule has 1 fully saturated rings. The summed E-state index contributed by atoms with van der Waals surface area (Å²) < 4.78 is 4.71. The smallest absolute Gasteiger partial charge is 0.309 e. The summed E-state index contributed by atoms with van der Waals surface area (Å²) in [4.78, 5) is 22.8. The molecule has 0 aromatic rings. The van der Waals surface area contributed by atoms with Crippen molar-refractivity contribution in [2.24, 2.45) is 27.6 Å². The zero-order valence-electron chi connectivity index (χ0n) is 12.6. The van der Waals surface area contributed by atoms with Crippen LogP contribution in [-0.2, 0) is 14.3 Å². The topological polar surface area (TPSA) is 122 Å². The molecule has 4 N–H and O–H groups in total. The Balaban J connectivity index is 0.000000621. The molecule has 0 radical (unpaired) electrons. The average Bonchev–Trinajstić information content (AvgIpc) is 2.61. The van der Waals surface area contributed by atoms with E-state index in [2.05, 4.69) is 5.16 Å². The summed E-state index contributed by atoms with van der Waals surface area (Å²) in [5.41, 5.74) is 3.39. The van der Waals surface area contributed by atoms with Gasteiger partial charge in [0.1, 0.15) is 5.84 Å². The minimum Gasteiger partial charge on any atom is -0.481 e. The molecule has 0 aromatic heterocycles. The van der Waals surface area contributed by atoms with E-state index in [9.17, 15) is 14.7 Å². The molecule has 0 aliphatic heterocycles. The maximum Gasteiger partial charge on any atom is 0.309 e. The van der Waals surface area contributed by atoms with Crippen molar-refractivity contribution in [1.29, 1.82) is 0 Å². The fourth-order valence-corrected chi connectivity index (χ4v) is 2.44. The number of oxime groups is 1. The Kier molecular flexibility index (Phi) is 5.99. The van der Waals surface area contributed by atoms with Gasteiger partial charge in [-0.3, -0.25) is 9.59 Å². The van der Waals surface area contributed by atoms with Crippen molar-refractivity contribution in [3.8, 4) is 0 Å². The number of ether oxygens (including phenoxy) is 1. The minimum absolute atomic E-state index is 0.185. The van der Waals surface area contributed by atoms with Gasteiger partial charge in [0.2, 0.25) is 0 Å². The van der Waals surface area contributed by atoms with Crippen LogP contribution in [0, 0.1) is 16.7 Å². The lowest BCUT2D eigenvalue weighted by Crippen LogP contribution is -2.42. The fraction of sp³-hybridized carbons (Fsp3) is 0.769. The van der Waals surface area contributed by atoms with E-state index in [-0.39, 0.29) is 17.7 Å². The Morgan fingerprint density at radius 2 is 1.80 bits per heavy atom. The van der Waals surface area contributed by atoms with Crippen molar-refractivity contribution in [1.82, 2.24) is 0 Å². The van der Waals surface area contributed by atoms with Crippen LogP contribution in [0.15, 0.2) is 5.16 Å². The Bertz CT molecular complexity index is 402. The number of aliphatic carboxylic acids is 1. The molecule has 116 valence electrons. The second-order valence-electron chi connectivity index (χ2n) is 5.71. The normalized spacial score (nSPS) is 28.2. The number of carboxylic acids is 1. The summed E-state index contributed by atoms with van der Waals surface area (Å²) in [5, 5.41) is 19.4. The van der Waals surface area contributed by atoms with Gasteiger partial charge < -0.3 is 20.8 Å². The van der Waals surface area contributed by atoms with Crippen LogP contribution in [0.1, 0.15) is 40.5 Å². The van der Waals surface area contributed by atoms with Crippen molar-refractivity contribution in [2.45, 2.75) is 40.5 Å². The molecule has 1 aliphatic carbocycles. The Morgan fingerprint density at radius 3 is 2.05 bits per heavy atom. The lowest BCUT2D eigenvalue weighted by molar-refractivity contribution is -0.159. The van der Waals surface area contributed by atoms with Crippen LogP contribution < -0.4 is 5.73 Å². The number of nitrogens with two attached hydrogens (primary N) is 1. The van der Waals surface area contributed by atoms with Crippen LogP contribution in [0.3, 0.4) is 0 Å². The Morgan fingerprint density at radius 1 is 1.35 bits per heavy atom. The standard InChI is InChI=1S/C11H18O4.C2H6N2O/c1-10(2)7(8(12)15-4)5-6-11(10,3)9(13)14;1-2(3)4-5/h7H,5-6H2,1-4H3,(H,13,14);5H,1H3,(H2,3,4)/t7-,11+;/m1./s1. The molecule has 0 spiro atoms. The van der Waals surface area contributed by atoms with Crippen molar-refractivity contribution < 1.29 is 24.6 Å². The van der Waals surface area contributed by atoms with E-state index < -0.39 is 16.8 Å². The summed E-state index contributed by atoms with van der Waals surface area (Å²) in [6, 6.07) is 0. The van der Waals surface area contributed by atoms with Crippen LogP contribution in [0.4, 0.5) is 0 Å². The first kappa shape index (κ1) is 18.2. The van der Waals surface area contributed by atoms with E-state index in [0.29, 0.717) is 12.8 Å². The second-order valence-corrected chi connectivity index (χ2v) is 5.71. The van der Waals surface area contributed by atoms with Crippen LogP contribution in [0.2, 0.25) is 0 Å². The molecule has 0 unspecified atom stereocenters. The van der Waals surface area contributed by atoms with Crippen molar-refractivity contribution >= 4 is 17.8 Å². The highest BCUT2D eigenvalue weighted by Crippen LogP contribution is 2.56. The summed E-state index contributed by atoms with van der Waals surface area (Å²) in [7, 11) is 1.34. The number of carbonyl (C=O) groups excluding carboxylic acids is 1. The average molecular weight is 288 g/mol. The molecule has 1 saturated carbocycles.